The molecule has 3 rings (SSSR count). The summed E-state index contributed by atoms with van der Waals surface area (Å²) in [4.78, 5) is 16.7. The molecule has 130 valence electrons. The number of fused-ring (bicyclic) bond motifs is 1. The van der Waals surface area contributed by atoms with Gasteiger partial charge in [-0.1, -0.05) is 12.1 Å². The lowest BCUT2D eigenvalue weighted by atomic mass is 10.1. The Labute approximate surface area is 151 Å². The van der Waals surface area contributed by atoms with Crippen molar-refractivity contribution in [2.75, 3.05) is 12.0 Å². The van der Waals surface area contributed by atoms with Crippen molar-refractivity contribution in [3.8, 4) is 0 Å². The van der Waals surface area contributed by atoms with Crippen LogP contribution in [0, 0.1) is 6.92 Å². The maximum absolute atomic E-state index is 12.5. The zero-order valence-electron chi connectivity index (χ0n) is 14.3. The number of aromatic nitrogens is 4. The summed E-state index contributed by atoms with van der Waals surface area (Å²) in [6.45, 7) is 1.93. The fraction of sp³-hybridized carbons (Fsp3) is 0.333. The maximum Gasteiger partial charge on any atom is 0.225 e. The molecule has 3 heterocycles. The van der Waals surface area contributed by atoms with Crippen LogP contribution >= 0.6 is 11.8 Å². The molecule has 1 N–H and O–H groups in total. The van der Waals surface area contributed by atoms with Crippen molar-refractivity contribution in [1.29, 1.82) is 0 Å². The summed E-state index contributed by atoms with van der Waals surface area (Å²) in [5.41, 5.74) is 2.62. The Hall–Kier alpha value is -2.41. The first kappa shape index (κ1) is 17.4. The highest BCUT2D eigenvalue weighted by Crippen LogP contribution is 2.18. The van der Waals surface area contributed by atoms with E-state index in [1.807, 2.05) is 47.9 Å². The first-order chi connectivity index (χ1) is 12.2. The average Bonchev–Trinajstić information content (AvgIpc) is 3.04. The molecule has 1 atom stereocenters. The van der Waals surface area contributed by atoms with Crippen LogP contribution in [0.5, 0.6) is 0 Å². The number of amides is 1. The maximum atomic E-state index is 12.5. The van der Waals surface area contributed by atoms with E-state index in [2.05, 4.69) is 26.8 Å². The summed E-state index contributed by atoms with van der Waals surface area (Å²) in [6, 6.07) is 9.45. The van der Waals surface area contributed by atoms with Gasteiger partial charge in [0.15, 0.2) is 11.5 Å². The second-order valence-corrected chi connectivity index (χ2v) is 6.86. The lowest BCUT2D eigenvalue weighted by molar-refractivity contribution is -0.121. The van der Waals surface area contributed by atoms with Gasteiger partial charge in [0.25, 0.3) is 0 Å². The van der Waals surface area contributed by atoms with Gasteiger partial charge >= 0.3 is 0 Å². The van der Waals surface area contributed by atoms with Crippen LogP contribution in [-0.4, -0.2) is 37.5 Å². The summed E-state index contributed by atoms with van der Waals surface area (Å²) < 4.78 is 1.93. The molecular formula is C18H21N5OS. The number of thioether (sulfide) groups is 1. The van der Waals surface area contributed by atoms with E-state index in [4.69, 9.17) is 0 Å². The normalized spacial score (nSPS) is 12.2. The van der Waals surface area contributed by atoms with Crippen LogP contribution < -0.4 is 5.32 Å². The standard InChI is InChI=1S/C18H21N5OS/c1-13-6-7-14(12-19-13)11-17(24)20-15(8-10-25-2)18-22-21-16-5-3-4-9-23(16)18/h3-7,9,12,15H,8,10-11H2,1-2H3,(H,20,24). The van der Waals surface area contributed by atoms with Crippen molar-refractivity contribution in [3.63, 3.8) is 0 Å². The highest BCUT2D eigenvalue weighted by atomic mass is 32.2. The average molecular weight is 355 g/mol. The summed E-state index contributed by atoms with van der Waals surface area (Å²) in [6.07, 6.45) is 6.83. The zero-order valence-corrected chi connectivity index (χ0v) is 15.2. The van der Waals surface area contributed by atoms with Crippen LogP contribution in [0.25, 0.3) is 5.65 Å². The number of nitrogens with zero attached hydrogens (tertiary/aromatic N) is 4. The Morgan fingerprint density at radius 1 is 1.28 bits per heavy atom. The molecule has 3 aromatic heterocycles. The monoisotopic (exact) mass is 355 g/mol. The number of carbonyl (C=O) groups is 1. The Morgan fingerprint density at radius 3 is 2.92 bits per heavy atom. The molecule has 3 aromatic rings. The van der Waals surface area contributed by atoms with E-state index in [1.54, 1.807) is 18.0 Å². The van der Waals surface area contributed by atoms with Gasteiger partial charge in [0, 0.05) is 18.1 Å². The molecule has 0 aliphatic carbocycles. The van der Waals surface area contributed by atoms with Crippen molar-refractivity contribution in [2.24, 2.45) is 0 Å². The third-order valence-corrected chi connectivity index (χ3v) is 4.58. The van der Waals surface area contributed by atoms with Crippen LogP contribution in [0.4, 0.5) is 0 Å². The van der Waals surface area contributed by atoms with Crippen molar-refractivity contribution in [1.82, 2.24) is 24.9 Å². The molecule has 1 amide bonds. The molecule has 0 fully saturated rings. The molecule has 0 aliphatic rings. The second-order valence-electron chi connectivity index (χ2n) is 5.87. The summed E-state index contributed by atoms with van der Waals surface area (Å²) in [5, 5.41) is 11.6. The molecule has 6 nitrogen and oxygen atoms in total. The van der Waals surface area contributed by atoms with E-state index < -0.39 is 0 Å². The van der Waals surface area contributed by atoms with Crippen LogP contribution in [0.15, 0.2) is 42.7 Å². The number of rotatable bonds is 7. The molecule has 1 unspecified atom stereocenters. The fourth-order valence-corrected chi connectivity index (χ4v) is 3.10. The molecule has 0 saturated carbocycles. The van der Waals surface area contributed by atoms with Crippen molar-refractivity contribution in [2.45, 2.75) is 25.8 Å². The van der Waals surface area contributed by atoms with Crippen LogP contribution in [0.1, 0.15) is 29.5 Å². The van der Waals surface area contributed by atoms with Gasteiger partial charge in [-0.25, -0.2) is 0 Å². The van der Waals surface area contributed by atoms with Crippen LogP contribution in [0.2, 0.25) is 0 Å². The second kappa shape index (κ2) is 8.11. The minimum Gasteiger partial charge on any atom is -0.346 e. The SMILES string of the molecule is CSCCC(NC(=O)Cc1ccc(C)nc1)c1nnc2ccccn12. The van der Waals surface area contributed by atoms with Gasteiger partial charge in [-0.15, -0.1) is 10.2 Å². The lowest BCUT2D eigenvalue weighted by Gasteiger charge is -2.17. The van der Waals surface area contributed by atoms with E-state index in [-0.39, 0.29) is 11.9 Å². The van der Waals surface area contributed by atoms with Gasteiger partial charge in [-0.3, -0.25) is 14.2 Å². The summed E-state index contributed by atoms with van der Waals surface area (Å²) in [5.74, 6) is 1.66. The van der Waals surface area contributed by atoms with E-state index in [0.29, 0.717) is 6.42 Å². The van der Waals surface area contributed by atoms with Gasteiger partial charge in [0.2, 0.25) is 5.91 Å². The van der Waals surface area contributed by atoms with E-state index in [1.165, 1.54) is 0 Å². The Balaban J connectivity index is 1.76. The Kier molecular flexibility index (Phi) is 5.65. The van der Waals surface area contributed by atoms with E-state index in [0.717, 1.165) is 34.9 Å². The van der Waals surface area contributed by atoms with Gasteiger partial charge in [-0.2, -0.15) is 11.8 Å². The summed E-state index contributed by atoms with van der Waals surface area (Å²) in [7, 11) is 0. The van der Waals surface area contributed by atoms with Gasteiger partial charge in [0.05, 0.1) is 12.5 Å². The molecule has 0 spiro atoms. The molecule has 0 aliphatic heterocycles. The largest absolute Gasteiger partial charge is 0.346 e. The third-order valence-electron chi connectivity index (χ3n) is 3.93. The molecule has 0 radical (unpaired) electrons. The first-order valence-corrected chi connectivity index (χ1v) is 9.56. The minimum absolute atomic E-state index is 0.0376. The minimum atomic E-state index is -0.171. The first-order valence-electron chi connectivity index (χ1n) is 8.17. The number of pyridine rings is 2. The highest BCUT2D eigenvalue weighted by Gasteiger charge is 2.20. The van der Waals surface area contributed by atoms with Crippen LogP contribution in [-0.2, 0) is 11.2 Å². The van der Waals surface area contributed by atoms with Gasteiger partial charge in [0.1, 0.15) is 0 Å². The van der Waals surface area contributed by atoms with E-state index >= 15 is 0 Å². The molecule has 0 saturated heterocycles. The highest BCUT2D eigenvalue weighted by molar-refractivity contribution is 7.98. The molecular weight excluding hydrogens is 334 g/mol. The van der Waals surface area contributed by atoms with Gasteiger partial charge < -0.3 is 5.32 Å². The predicted molar refractivity (Wildman–Crippen MR) is 99.5 cm³/mol. The van der Waals surface area contributed by atoms with Crippen LogP contribution in [0.3, 0.4) is 0 Å². The summed E-state index contributed by atoms with van der Waals surface area (Å²) >= 11 is 1.75. The Bertz CT molecular complexity index is 846. The number of aryl methyl sites for hydroxylation is 1. The molecule has 25 heavy (non-hydrogen) atoms. The van der Waals surface area contributed by atoms with Crippen molar-refractivity contribution >= 4 is 23.3 Å². The molecule has 7 heteroatoms. The quantitative estimate of drug-likeness (QED) is 0.705. The predicted octanol–water partition coefficient (Wildman–Crippen LogP) is 2.59. The Morgan fingerprint density at radius 2 is 2.16 bits per heavy atom. The number of nitrogens with one attached hydrogen (secondary N) is 1. The molecule has 0 aromatic carbocycles. The lowest BCUT2D eigenvalue weighted by Crippen LogP contribution is -2.31. The smallest absolute Gasteiger partial charge is 0.225 e. The topological polar surface area (TPSA) is 72.2 Å². The third kappa shape index (κ3) is 4.36. The number of hydrogen-bond donors (Lipinski definition) is 1. The van der Waals surface area contributed by atoms with Gasteiger partial charge in [-0.05, 0) is 49.1 Å². The number of hydrogen-bond acceptors (Lipinski definition) is 5. The van der Waals surface area contributed by atoms with Crippen molar-refractivity contribution < 1.29 is 4.79 Å². The van der Waals surface area contributed by atoms with Crippen molar-refractivity contribution in [3.05, 3.63) is 59.8 Å². The number of carbonyl (C=O) groups excluding carboxylic acids is 1. The fourth-order valence-electron chi connectivity index (χ4n) is 2.63. The molecule has 0 bridgehead atoms. The van der Waals surface area contributed by atoms with E-state index in [9.17, 15) is 4.79 Å². The zero-order chi connectivity index (χ0) is 17.6.